The molecule has 0 bridgehead atoms. The van der Waals surface area contributed by atoms with Crippen LogP contribution in [-0.2, 0) is 16.6 Å². The molecule has 0 spiro atoms. The van der Waals surface area contributed by atoms with Gasteiger partial charge in [0.1, 0.15) is 24.0 Å². The third-order valence-corrected chi connectivity index (χ3v) is 3.74. The molecule has 0 heterocycles. The average molecular weight is 389 g/mol. The molecule has 1 amide bonds. The zero-order chi connectivity index (χ0) is 19.5. The zero-order valence-corrected chi connectivity index (χ0v) is 14.5. The number of amides is 1. The van der Waals surface area contributed by atoms with Gasteiger partial charge in [0.25, 0.3) is 5.91 Å². The van der Waals surface area contributed by atoms with Crippen molar-refractivity contribution in [3.05, 3.63) is 58.9 Å². The fourth-order valence-corrected chi connectivity index (χ4v) is 2.43. The fourth-order valence-electron chi connectivity index (χ4n) is 1.98. The van der Waals surface area contributed by atoms with Crippen molar-refractivity contribution < 1.29 is 35.9 Å². The molecule has 6 nitrogen and oxygen atoms in total. The number of sulfonamides is 1. The average Bonchev–Trinajstić information content (AvgIpc) is 2.54. The number of hydrogen-bond donors (Lipinski definition) is 1. The molecular weight excluding hydrogens is 375 g/mol. The predicted octanol–water partition coefficient (Wildman–Crippen LogP) is 2.38. The highest BCUT2D eigenvalue weighted by molar-refractivity contribution is 7.89. The van der Waals surface area contributed by atoms with E-state index in [1.165, 1.54) is 24.0 Å². The van der Waals surface area contributed by atoms with E-state index < -0.39 is 51.3 Å². The van der Waals surface area contributed by atoms with Gasteiger partial charge in [-0.3, -0.25) is 4.79 Å². The molecule has 0 radical (unpaired) electrons. The third kappa shape index (κ3) is 4.88. The first-order valence-corrected chi connectivity index (χ1v) is 8.96. The first-order chi connectivity index (χ1) is 12.1. The van der Waals surface area contributed by atoms with Crippen molar-refractivity contribution in [3.63, 3.8) is 0 Å². The second kappa shape index (κ2) is 7.65. The van der Waals surface area contributed by atoms with Crippen LogP contribution in [-0.4, -0.2) is 27.7 Å². The molecule has 0 aliphatic rings. The van der Waals surface area contributed by atoms with Gasteiger partial charge in [0.15, 0.2) is 11.6 Å². The van der Waals surface area contributed by atoms with Crippen LogP contribution in [0.1, 0.15) is 15.9 Å². The van der Waals surface area contributed by atoms with Crippen LogP contribution in [0.4, 0.5) is 13.2 Å². The lowest BCUT2D eigenvalue weighted by Crippen LogP contribution is -2.30. The molecular formula is C16H14F3NO5S. The standard InChI is InChI=1S/C16H14F3NO5S/c1-24-10-3-4-12(17)9(5-10)8-25-15-7-13(18)11(6-14(15)19)16(21)20-26(2,22)23/h3-7H,8H2,1-2H3,(H,20,21). The number of nitrogens with one attached hydrogen (secondary N) is 1. The molecule has 26 heavy (non-hydrogen) atoms. The minimum absolute atomic E-state index is 0.0445. The van der Waals surface area contributed by atoms with E-state index in [9.17, 15) is 26.4 Å². The topological polar surface area (TPSA) is 81.7 Å². The lowest BCUT2D eigenvalue weighted by Gasteiger charge is -2.11. The highest BCUT2D eigenvalue weighted by atomic mass is 32.2. The molecule has 0 aromatic heterocycles. The summed E-state index contributed by atoms with van der Waals surface area (Å²) in [5.41, 5.74) is -0.768. The molecule has 2 aromatic carbocycles. The van der Waals surface area contributed by atoms with Gasteiger partial charge in [-0.25, -0.2) is 26.3 Å². The summed E-state index contributed by atoms with van der Waals surface area (Å²) in [7, 11) is -2.56. The van der Waals surface area contributed by atoms with Gasteiger partial charge in [-0.15, -0.1) is 0 Å². The van der Waals surface area contributed by atoms with E-state index in [2.05, 4.69) is 0 Å². The van der Waals surface area contributed by atoms with Crippen LogP contribution in [0, 0.1) is 17.5 Å². The van der Waals surface area contributed by atoms with Gasteiger partial charge in [-0.2, -0.15) is 0 Å². The molecule has 0 aliphatic heterocycles. The summed E-state index contributed by atoms with van der Waals surface area (Å²) >= 11 is 0. The monoisotopic (exact) mass is 389 g/mol. The predicted molar refractivity (Wildman–Crippen MR) is 86.0 cm³/mol. The van der Waals surface area contributed by atoms with Crippen LogP contribution in [0.2, 0.25) is 0 Å². The Hall–Kier alpha value is -2.75. The van der Waals surface area contributed by atoms with Crippen molar-refractivity contribution in [3.8, 4) is 11.5 Å². The minimum Gasteiger partial charge on any atom is -0.497 e. The second-order valence-electron chi connectivity index (χ2n) is 5.21. The molecule has 0 saturated heterocycles. The van der Waals surface area contributed by atoms with E-state index >= 15 is 0 Å². The van der Waals surface area contributed by atoms with Gasteiger partial charge >= 0.3 is 0 Å². The highest BCUT2D eigenvalue weighted by Gasteiger charge is 2.19. The first-order valence-electron chi connectivity index (χ1n) is 7.07. The Morgan fingerprint density at radius 1 is 1.08 bits per heavy atom. The Labute approximate surface area is 147 Å². The third-order valence-electron chi connectivity index (χ3n) is 3.18. The molecule has 0 saturated carbocycles. The number of carbonyl (C=O) groups excluding carboxylic acids is 1. The lowest BCUT2D eigenvalue weighted by molar-refractivity contribution is 0.0977. The molecule has 0 fully saturated rings. The summed E-state index contributed by atoms with van der Waals surface area (Å²) < 4.78 is 75.2. The normalized spacial score (nSPS) is 11.1. The molecule has 140 valence electrons. The quantitative estimate of drug-likeness (QED) is 0.821. The summed E-state index contributed by atoms with van der Waals surface area (Å²) in [5.74, 6) is -4.49. The van der Waals surface area contributed by atoms with Crippen molar-refractivity contribution >= 4 is 15.9 Å². The van der Waals surface area contributed by atoms with Crippen molar-refractivity contribution in [2.24, 2.45) is 0 Å². The van der Waals surface area contributed by atoms with Crippen molar-refractivity contribution in [1.82, 2.24) is 4.72 Å². The fraction of sp³-hybridized carbons (Fsp3) is 0.188. The maximum Gasteiger partial charge on any atom is 0.267 e. The maximum atomic E-state index is 14.0. The van der Waals surface area contributed by atoms with E-state index in [4.69, 9.17) is 9.47 Å². The maximum absolute atomic E-state index is 14.0. The lowest BCUT2D eigenvalue weighted by atomic mass is 10.2. The first kappa shape index (κ1) is 19.6. The van der Waals surface area contributed by atoms with Crippen LogP contribution in [0.15, 0.2) is 30.3 Å². The van der Waals surface area contributed by atoms with Crippen LogP contribution in [0.5, 0.6) is 11.5 Å². The van der Waals surface area contributed by atoms with E-state index in [1.54, 1.807) is 0 Å². The van der Waals surface area contributed by atoms with E-state index in [0.29, 0.717) is 24.1 Å². The Bertz CT molecular complexity index is 947. The Balaban J connectivity index is 2.22. The highest BCUT2D eigenvalue weighted by Crippen LogP contribution is 2.24. The number of rotatable bonds is 6. The Kier molecular flexibility index (Phi) is 5.76. The number of ether oxygens (including phenoxy) is 2. The number of halogens is 3. The van der Waals surface area contributed by atoms with Gasteiger partial charge in [-0.1, -0.05) is 0 Å². The van der Waals surface area contributed by atoms with Crippen LogP contribution in [0.25, 0.3) is 0 Å². The largest absolute Gasteiger partial charge is 0.497 e. The van der Waals surface area contributed by atoms with Crippen LogP contribution >= 0.6 is 0 Å². The van der Waals surface area contributed by atoms with Gasteiger partial charge in [0.2, 0.25) is 10.0 Å². The molecule has 2 rings (SSSR count). The van der Waals surface area contributed by atoms with E-state index in [0.717, 1.165) is 6.07 Å². The Morgan fingerprint density at radius 3 is 2.38 bits per heavy atom. The molecule has 10 heteroatoms. The minimum atomic E-state index is -3.94. The summed E-state index contributed by atoms with van der Waals surface area (Å²) in [6.45, 7) is -0.422. The van der Waals surface area contributed by atoms with Crippen LogP contribution < -0.4 is 14.2 Å². The molecule has 1 N–H and O–H groups in total. The summed E-state index contributed by atoms with van der Waals surface area (Å²) in [5, 5.41) is 0. The van der Waals surface area contributed by atoms with Crippen molar-refractivity contribution in [2.75, 3.05) is 13.4 Å². The number of carbonyl (C=O) groups is 1. The SMILES string of the molecule is COc1ccc(F)c(COc2cc(F)c(C(=O)NS(C)(=O)=O)cc2F)c1. The van der Waals surface area contributed by atoms with E-state index in [-0.39, 0.29) is 5.56 Å². The van der Waals surface area contributed by atoms with Crippen molar-refractivity contribution in [1.29, 1.82) is 0 Å². The second-order valence-corrected chi connectivity index (χ2v) is 6.96. The van der Waals surface area contributed by atoms with Crippen molar-refractivity contribution in [2.45, 2.75) is 6.61 Å². The molecule has 0 atom stereocenters. The summed E-state index contributed by atoms with van der Waals surface area (Å²) in [4.78, 5) is 11.6. The Morgan fingerprint density at radius 2 is 1.77 bits per heavy atom. The zero-order valence-electron chi connectivity index (χ0n) is 13.7. The van der Waals surface area contributed by atoms with Gasteiger partial charge in [0.05, 0.1) is 18.9 Å². The summed E-state index contributed by atoms with van der Waals surface area (Å²) in [6, 6.07) is 4.91. The van der Waals surface area contributed by atoms with Gasteiger partial charge < -0.3 is 9.47 Å². The number of methoxy groups -OCH3 is 1. The molecule has 0 unspecified atom stereocenters. The van der Waals surface area contributed by atoms with Gasteiger partial charge in [0, 0.05) is 11.6 Å². The van der Waals surface area contributed by atoms with Crippen LogP contribution in [0.3, 0.4) is 0 Å². The van der Waals surface area contributed by atoms with E-state index in [1.807, 2.05) is 0 Å². The number of benzene rings is 2. The molecule has 2 aromatic rings. The van der Waals surface area contributed by atoms with Gasteiger partial charge in [-0.05, 0) is 24.3 Å². The number of hydrogen-bond acceptors (Lipinski definition) is 5. The summed E-state index contributed by atoms with van der Waals surface area (Å²) in [6.07, 6.45) is 0.694. The smallest absolute Gasteiger partial charge is 0.267 e. The molecule has 0 aliphatic carbocycles.